The normalized spacial score (nSPS) is 15.1. The average Bonchev–Trinajstić information content (AvgIpc) is 2.86. The van der Waals surface area contributed by atoms with E-state index < -0.39 is 10.0 Å². The Morgan fingerprint density at radius 1 is 0.941 bits per heavy atom. The molecule has 1 saturated heterocycles. The Morgan fingerprint density at radius 3 is 2.35 bits per heavy atom. The summed E-state index contributed by atoms with van der Waals surface area (Å²) in [6.07, 6.45) is 1.80. The summed E-state index contributed by atoms with van der Waals surface area (Å²) in [6, 6.07) is 21.2. The van der Waals surface area contributed by atoms with Crippen molar-refractivity contribution in [3.63, 3.8) is 0 Å². The van der Waals surface area contributed by atoms with E-state index in [0.717, 1.165) is 38.4 Å². The van der Waals surface area contributed by atoms with Crippen LogP contribution in [0.3, 0.4) is 0 Å². The molecule has 1 N–H and O–H groups in total. The number of rotatable bonds is 8. The summed E-state index contributed by atoms with van der Waals surface area (Å²) in [5.41, 5.74) is 2.07. The molecule has 1 fully saturated rings. The van der Waals surface area contributed by atoms with Gasteiger partial charge in [-0.05, 0) is 42.5 Å². The van der Waals surface area contributed by atoms with Crippen LogP contribution in [-0.4, -0.2) is 68.9 Å². The summed E-state index contributed by atoms with van der Waals surface area (Å²) in [5.74, 6) is -0.163. The Bertz CT molecular complexity index is 1200. The number of hydrogen-bond acceptors (Lipinski definition) is 6. The van der Waals surface area contributed by atoms with Gasteiger partial charge in [-0.2, -0.15) is 0 Å². The van der Waals surface area contributed by atoms with Gasteiger partial charge in [0.15, 0.2) is 0 Å². The molecular formula is C25H29N5O3S. The molecule has 4 rings (SSSR count). The van der Waals surface area contributed by atoms with Gasteiger partial charge in [0.1, 0.15) is 0 Å². The van der Waals surface area contributed by atoms with E-state index in [2.05, 4.69) is 20.1 Å². The first-order valence-electron chi connectivity index (χ1n) is 11.2. The summed E-state index contributed by atoms with van der Waals surface area (Å²) in [4.78, 5) is 21.6. The average molecular weight is 480 g/mol. The Hall–Kier alpha value is -3.27. The fraction of sp³-hybridized carbons (Fsp3) is 0.280. The first kappa shape index (κ1) is 23.9. The van der Waals surface area contributed by atoms with Gasteiger partial charge in [0.25, 0.3) is 10.0 Å². The molecule has 9 heteroatoms. The number of para-hydroxylation sites is 1. The van der Waals surface area contributed by atoms with E-state index in [9.17, 15) is 13.2 Å². The molecule has 1 aromatic heterocycles. The Morgan fingerprint density at radius 2 is 1.65 bits per heavy atom. The zero-order valence-electron chi connectivity index (χ0n) is 19.2. The van der Waals surface area contributed by atoms with Crippen LogP contribution in [0, 0.1) is 0 Å². The molecule has 0 spiro atoms. The van der Waals surface area contributed by atoms with E-state index in [1.165, 1.54) is 23.5 Å². The second kappa shape index (κ2) is 10.8. The first-order valence-corrected chi connectivity index (χ1v) is 12.6. The minimum absolute atomic E-state index is 0.125. The van der Waals surface area contributed by atoms with Gasteiger partial charge in [-0.25, -0.2) is 8.42 Å². The topological polar surface area (TPSA) is 85.8 Å². The van der Waals surface area contributed by atoms with E-state index in [4.69, 9.17) is 0 Å². The fourth-order valence-electron chi connectivity index (χ4n) is 3.90. The number of nitrogens with one attached hydrogen (secondary N) is 1. The smallest absolute Gasteiger partial charge is 0.264 e. The number of pyridine rings is 1. The summed E-state index contributed by atoms with van der Waals surface area (Å²) >= 11 is 0. The number of carbonyl (C=O) groups is 1. The van der Waals surface area contributed by atoms with Crippen LogP contribution in [0.15, 0.2) is 83.9 Å². The third kappa shape index (κ3) is 5.99. The molecule has 178 valence electrons. The lowest BCUT2D eigenvalue weighted by Crippen LogP contribution is -2.48. The van der Waals surface area contributed by atoms with E-state index >= 15 is 0 Å². The predicted molar refractivity (Wildman–Crippen MR) is 133 cm³/mol. The van der Waals surface area contributed by atoms with E-state index in [1.54, 1.807) is 42.6 Å². The molecule has 0 unspecified atom stereocenters. The van der Waals surface area contributed by atoms with Crippen molar-refractivity contribution in [1.29, 1.82) is 0 Å². The van der Waals surface area contributed by atoms with E-state index in [-0.39, 0.29) is 17.3 Å². The van der Waals surface area contributed by atoms with Crippen LogP contribution in [0.1, 0.15) is 5.69 Å². The number of carbonyl (C=O) groups excluding carboxylic acids is 1. The van der Waals surface area contributed by atoms with Crippen molar-refractivity contribution < 1.29 is 13.2 Å². The van der Waals surface area contributed by atoms with Crippen molar-refractivity contribution in [2.24, 2.45) is 0 Å². The monoisotopic (exact) mass is 479 g/mol. The van der Waals surface area contributed by atoms with Crippen LogP contribution in [0.4, 0.5) is 11.4 Å². The molecule has 0 radical (unpaired) electrons. The number of amides is 1. The van der Waals surface area contributed by atoms with Gasteiger partial charge in [-0.1, -0.05) is 30.3 Å². The summed E-state index contributed by atoms with van der Waals surface area (Å²) in [7, 11) is -2.23. The van der Waals surface area contributed by atoms with Gasteiger partial charge in [-0.15, -0.1) is 0 Å². The summed E-state index contributed by atoms with van der Waals surface area (Å²) in [6.45, 7) is 4.37. The van der Waals surface area contributed by atoms with Crippen molar-refractivity contribution in [3.05, 3.63) is 84.7 Å². The highest BCUT2D eigenvalue weighted by atomic mass is 32.2. The summed E-state index contributed by atoms with van der Waals surface area (Å²) in [5, 5.41) is 2.84. The van der Waals surface area contributed by atoms with Gasteiger partial charge >= 0.3 is 0 Å². The van der Waals surface area contributed by atoms with Crippen LogP contribution < -0.4 is 9.62 Å². The molecule has 0 saturated carbocycles. The molecule has 8 nitrogen and oxygen atoms in total. The quantitative estimate of drug-likeness (QED) is 0.535. The van der Waals surface area contributed by atoms with Gasteiger partial charge in [0, 0.05) is 51.7 Å². The number of nitrogens with zero attached hydrogens (tertiary/aromatic N) is 4. The standard InChI is InChI=1S/C25H29N5O3S/c1-28(23-10-3-2-4-11-23)34(32,33)24-12-7-9-21(18-24)27-25(31)20-30-16-14-29(15-17-30)19-22-8-5-6-13-26-22/h2-13,18H,14-17,19-20H2,1H3,(H,27,31). The third-order valence-electron chi connectivity index (χ3n) is 5.84. The predicted octanol–water partition coefficient (Wildman–Crippen LogP) is 2.66. The van der Waals surface area contributed by atoms with Crippen LogP contribution in [-0.2, 0) is 21.4 Å². The van der Waals surface area contributed by atoms with Crippen molar-refractivity contribution in [2.45, 2.75) is 11.4 Å². The van der Waals surface area contributed by atoms with Gasteiger partial charge < -0.3 is 5.32 Å². The number of anilines is 2. The SMILES string of the molecule is CN(c1ccccc1)S(=O)(=O)c1cccc(NC(=O)CN2CCN(Cc3ccccn3)CC2)c1. The molecule has 3 aromatic rings. The minimum atomic E-state index is -3.75. The lowest BCUT2D eigenvalue weighted by atomic mass is 10.2. The van der Waals surface area contributed by atoms with Crippen molar-refractivity contribution in [3.8, 4) is 0 Å². The Kier molecular flexibility index (Phi) is 7.56. The Labute approximate surface area is 200 Å². The van der Waals surface area contributed by atoms with Crippen LogP contribution in [0.25, 0.3) is 0 Å². The molecule has 1 aliphatic heterocycles. The summed E-state index contributed by atoms with van der Waals surface area (Å²) < 4.78 is 27.3. The van der Waals surface area contributed by atoms with E-state index in [0.29, 0.717) is 11.4 Å². The first-order chi connectivity index (χ1) is 16.4. The maximum Gasteiger partial charge on any atom is 0.264 e. The Balaban J connectivity index is 1.31. The highest BCUT2D eigenvalue weighted by Gasteiger charge is 2.22. The molecule has 1 amide bonds. The maximum absolute atomic E-state index is 13.0. The van der Waals surface area contributed by atoms with Gasteiger partial charge in [0.05, 0.1) is 22.8 Å². The fourth-order valence-corrected chi connectivity index (χ4v) is 5.14. The zero-order chi connectivity index (χ0) is 24.0. The van der Waals surface area contributed by atoms with Crippen molar-refractivity contribution in [1.82, 2.24) is 14.8 Å². The molecule has 34 heavy (non-hydrogen) atoms. The number of benzene rings is 2. The lowest BCUT2D eigenvalue weighted by Gasteiger charge is -2.34. The largest absolute Gasteiger partial charge is 0.325 e. The second-order valence-corrected chi connectivity index (χ2v) is 10.2. The number of hydrogen-bond donors (Lipinski definition) is 1. The minimum Gasteiger partial charge on any atom is -0.325 e. The van der Waals surface area contributed by atoms with Crippen molar-refractivity contribution in [2.75, 3.05) is 49.4 Å². The lowest BCUT2D eigenvalue weighted by molar-refractivity contribution is -0.117. The molecule has 0 aliphatic carbocycles. The third-order valence-corrected chi connectivity index (χ3v) is 7.62. The number of sulfonamides is 1. The zero-order valence-corrected chi connectivity index (χ0v) is 20.0. The maximum atomic E-state index is 13.0. The molecular weight excluding hydrogens is 450 g/mol. The molecule has 0 bridgehead atoms. The highest BCUT2D eigenvalue weighted by molar-refractivity contribution is 7.92. The number of aromatic nitrogens is 1. The van der Waals surface area contributed by atoms with Gasteiger partial charge in [-0.3, -0.25) is 23.9 Å². The second-order valence-electron chi connectivity index (χ2n) is 8.26. The van der Waals surface area contributed by atoms with E-state index in [1.807, 2.05) is 24.3 Å². The van der Waals surface area contributed by atoms with Crippen LogP contribution in [0.5, 0.6) is 0 Å². The molecule has 2 aromatic carbocycles. The van der Waals surface area contributed by atoms with Crippen LogP contribution >= 0.6 is 0 Å². The molecule has 0 atom stereocenters. The van der Waals surface area contributed by atoms with Crippen molar-refractivity contribution >= 4 is 27.3 Å². The number of piperazine rings is 1. The highest BCUT2D eigenvalue weighted by Crippen LogP contribution is 2.23. The molecule has 1 aliphatic rings. The van der Waals surface area contributed by atoms with Crippen LogP contribution in [0.2, 0.25) is 0 Å². The molecule has 2 heterocycles. The van der Waals surface area contributed by atoms with Gasteiger partial charge in [0.2, 0.25) is 5.91 Å².